The highest BCUT2D eigenvalue weighted by molar-refractivity contribution is 8.03. The van der Waals surface area contributed by atoms with E-state index < -0.39 is 0 Å². The minimum Gasteiger partial charge on any atom is -0.389 e. The molecule has 1 aliphatic heterocycles. The number of nitrogens with zero attached hydrogens (tertiary/aromatic N) is 2. The maximum atomic E-state index is 9.04. The van der Waals surface area contributed by atoms with Gasteiger partial charge in [0.15, 0.2) is 0 Å². The third-order valence-corrected chi connectivity index (χ3v) is 3.75. The van der Waals surface area contributed by atoms with Gasteiger partial charge in [-0.25, -0.2) is 0 Å². The van der Waals surface area contributed by atoms with Crippen LogP contribution in [0.4, 0.5) is 5.69 Å². The van der Waals surface area contributed by atoms with Gasteiger partial charge in [-0.2, -0.15) is 5.26 Å². The molecule has 0 aromatic heterocycles. The highest BCUT2D eigenvalue weighted by Gasteiger charge is 2.25. The Morgan fingerprint density at radius 1 is 1.50 bits per heavy atom. The molecule has 3 nitrogen and oxygen atoms in total. The monoisotopic (exact) mass is 247 g/mol. The Morgan fingerprint density at radius 3 is 2.75 bits per heavy atom. The first kappa shape index (κ1) is 11.0. The number of anilines is 1. The fourth-order valence-electron chi connectivity index (χ4n) is 1.53. The minimum atomic E-state index is 0.143. The van der Waals surface area contributed by atoms with Gasteiger partial charge in [-0.3, -0.25) is 0 Å². The standard InChI is InChI=1S/C11H9N3S2/c1-14-8-4-2-3-5-9(8)16-11(14)7(6-12)10(13)15/h2-5H,1H3,(H2,13,15). The van der Waals surface area contributed by atoms with Crippen molar-refractivity contribution in [1.29, 1.82) is 5.26 Å². The van der Waals surface area contributed by atoms with Crippen molar-refractivity contribution in [3.05, 3.63) is 34.9 Å². The molecule has 1 heterocycles. The Balaban J connectivity index is 2.53. The van der Waals surface area contributed by atoms with E-state index in [0.29, 0.717) is 5.57 Å². The second-order valence-corrected chi connectivity index (χ2v) is 4.76. The van der Waals surface area contributed by atoms with Gasteiger partial charge >= 0.3 is 0 Å². The largest absolute Gasteiger partial charge is 0.389 e. The second-order valence-electron chi connectivity index (χ2n) is 3.29. The lowest BCUT2D eigenvalue weighted by Crippen LogP contribution is -2.18. The minimum absolute atomic E-state index is 0.143. The number of thiocarbonyl (C=S) groups is 1. The summed E-state index contributed by atoms with van der Waals surface area (Å²) in [5, 5.41) is 9.84. The van der Waals surface area contributed by atoms with Crippen LogP contribution in [0.15, 0.2) is 39.8 Å². The molecule has 0 atom stereocenters. The number of nitrogens with two attached hydrogens (primary N) is 1. The Labute approximate surface area is 104 Å². The first-order valence-electron chi connectivity index (χ1n) is 4.60. The highest BCUT2D eigenvalue weighted by Crippen LogP contribution is 2.45. The van der Waals surface area contributed by atoms with E-state index >= 15 is 0 Å². The van der Waals surface area contributed by atoms with E-state index in [9.17, 15) is 0 Å². The summed E-state index contributed by atoms with van der Waals surface area (Å²) >= 11 is 6.39. The molecule has 0 radical (unpaired) electrons. The van der Waals surface area contributed by atoms with Gasteiger partial charge in [0.2, 0.25) is 0 Å². The molecule has 0 bridgehead atoms. The molecule has 1 aromatic rings. The van der Waals surface area contributed by atoms with Gasteiger partial charge in [-0.15, -0.1) is 0 Å². The van der Waals surface area contributed by atoms with Gasteiger partial charge in [-0.1, -0.05) is 36.1 Å². The van der Waals surface area contributed by atoms with Crippen molar-refractivity contribution < 1.29 is 0 Å². The smallest absolute Gasteiger partial charge is 0.117 e. The van der Waals surface area contributed by atoms with Gasteiger partial charge in [0.05, 0.1) is 5.69 Å². The second kappa shape index (κ2) is 4.16. The van der Waals surface area contributed by atoms with Crippen molar-refractivity contribution in [1.82, 2.24) is 0 Å². The average molecular weight is 247 g/mol. The Kier molecular flexibility index (Phi) is 2.86. The van der Waals surface area contributed by atoms with Crippen LogP contribution in [0.25, 0.3) is 0 Å². The zero-order valence-corrected chi connectivity index (χ0v) is 10.2. The summed E-state index contributed by atoms with van der Waals surface area (Å²) in [6, 6.07) is 10.0. The molecule has 1 aliphatic rings. The molecule has 80 valence electrons. The molecule has 0 fully saturated rings. The Hall–Kier alpha value is -1.51. The topological polar surface area (TPSA) is 53.0 Å². The molecule has 5 heteroatoms. The lowest BCUT2D eigenvalue weighted by molar-refractivity contribution is 1.17. The van der Waals surface area contributed by atoms with Crippen molar-refractivity contribution in [2.24, 2.45) is 5.73 Å². The normalized spacial score (nSPS) is 16.6. The van der Waals surface area contributed by atoms with Crippen LogP contribution < -0.4 is 10.6 Å². The van der Waals surface area contributed by atoms with Crippen molar-refractivity contribution in [3.63, 3.8) is 0 Å². The molecular weight excluding hydrogens is 238 g/mol. The number of hydrogen-bond acceptors (Lipinski definition) is 4. The molecule has 0 amide bonds. The Morgan fingerprint density at radius 2 is 2.19 bits per heavy atom. The van der Waals surface area contributed by atoms with Crippen molar-refractivity contribution in [3.8, 4) is 6.07 Å². The van der Waals surface area contributed by atoms with E-state index in [1.165, 1.54) is 11.8 Å². The van der Waals surface area contributed by atoms with Crippen LogP contribution in [0.5, 0.6) is 0 Å². The predicted octanol–water partition coefficient (Wildman–Crippen LogP) is 2.25. The fraction of sp³-hybridized carbons (Fsp3) is 0.0909. The van der Waals surface area contributed by atoms with Gasteiger partial charge in [-0.05, 0) is 12.1 Å². The fourth-order valence-corrected chi connectivity index (χ4v) is 2.89. The van der Waals surface area contributed by atoms with Crippen LogP contribution >= 0.6 is 24.0 Å². The number of nitriles is 1. The summed E-state index contributed by atoms with van der Waals surface area (Å²) in [5.41, 5.74) is 6.98. The zero-order chi connectivity index (χ0) is 11.7. The third kappa shape index (κ3) is 1.66. The summed E-state index contributed by atoms with van der Waals surface area (Å²) in [6.45, 7) is 0. The number of thioether (sulfide) groups is 1. The lowest BCUT2D eigenvalue weighted by Gasteiger charge is -2.14. The van der Waals surface area contributed by atoms with Gasteiger partial charge < -0.3 is 10.6 Å². The van der Waals surface area contributed by atoms with E-state index in [0.717, 1.165) is 15.6 Å². The quantitative estimate of drug-likeness (QED) is 0.468. The predicted molar refractivity (Wildman–Crippen MR) is 70.1 cm³/mol. The maximum absolute atomic E-state index is 9.04. The van der Waals surface area contributed by atoms with Crippen LogP contribution in [-0.2, 0) is 0 Å². The maximum Gasteiger partial charge on any atom is 0.117 e. The number of para-hydroxylation sites is 1. The number of fused-ring (bicyclic) bond motifs is 1. The van der Waals surface area contributed by atoms with Crippen molar-refractivity contribution in [2.45, 2.75) is 4.90 Å². The van der Waals surface area contributed by atoms with E-state index in [1.54, 1.807) is 0 Å². The molecule has 2 rings (SSSR count). The van der Waals surface area contributed by atoms with E-state index in [1.807, 2.05) is 36.2 Å². The van der Waals surface area contributed by atoms with Crippen LogP contribution in [0, 0.1) is 11.3 Å². The summed E-state index contributed by atoms with van der Waals surface area (Å²) in [5.74, 6) is 0. The molecule has 0 spiro atoms. The number of rotatable bonds is 1. The summed E-state index contributed by atoms with van der Waals surface area (Å²) < 4.78 is 0. The summed E-state index contributed by atoms with van der Waals surface area (Å²) in [6.07, 6.45) is 0. The first-order valence-corrected chi connectivity index (χ1v) is 5.82. The molecule has 0 saturated carbocycles. The van der Waals surface area contributed by atoms with Gasteiger partial charge in [0.25, 0.3) is 0 Å². The molecule has 1 aromatic carbocycles. The van der Waals surface area contributed by atoms with Gasteiger partial charge in [0.1, 0.15) is 21.7 Å². The van der Waals surface area contributed by atoms with Gasteiger partial charge in [0, 0.05) is 11.9 Å². The van der Waals surface area contributed by atoms with Crippen LogP contribution in [0.2, 0.25) is 0 Å². The molecule has 0 unspecified atom stereocenters. The highest BCUT2D eigenvalue weighted by atomic mass is 32.2. The van der Waals surface area contributed by atoms with Crippen LogP contribution in [-0.4, -0.2) is 12.0 Å². The molecular formula is C11H9N3S2. The molecule has 0 saturated heterocycles. The van der Waals surface area contributed by atoms with E-state index in [2.05, 4.69) is 6.07 Å². The lowest BCUT2D eigenvalue weighted by atomic mass is 10.3. The summed E-state index contributed by atoms with van der Waals surface area (Å²) in [4.78, 5) is 3.20. The van der Waals surface area contributed by atoms with Crippen molar-refractivity contribution >= 4 is 34.7 Å². The number of benzene rings is 1. The van der Waals surface area contributed by atoms with E-state index in [4.69, 9.17) is 23.2 Å². The van der Waals surface area contributed by atoms with E-state index in [-0.39, 0.29) is 4.99 Å². The SMILES string of the molecule is CN1C(=C(C#N)C(N)=S)Sc2ccccc21. The zero-order valence-electron chi connectivity index (χ0n) is 8.60. The van der Waals surface area contributed by atoms with Crippen LogP contribution in [0.3, 0.4) is 0 Å². The first-order chi connectivity index (χ1) is 7.65. The molecule has 2 N–H and O–H groups in total. The molecule has 0 aliphatic carbocycles. The Bertz CT molecular complexity index is 528. The number of hydrogen-bond donors (Lipinski definition) is 1. The third-order valence-electron chi connectivity index (χ3n) is 2.31. The van der Waals surface area contributed by atoms with Crippen LogP contribution in [0.1, 0.15) is 0 Å². The average Bonchev–Trinajstić information content (AvgIpc) is 2.58. The van der Waals surface area contributed by atoms with Crippen molar-refractivity contribution in [2.75, 3.05) is 11.9 Å². The summed E-state index contributed by atoms with van der Waals surface area (Å²) in [7, 11) is 1.91. The molecule has 16 heavy (non-hydrogen) atoms.